The highest BCUT2D eigenvalue weighted by atomic mass is 19.1. The number of nitrogens with one attached hydrogen (secondary N) is 2. The summed E-state index contributed by atoms with van der Waals surface area (Å²) in [6, 6.07) is 20.3. The molecular weight excluding hydrogens is 343 g/mol. The number of methoxy groups -OCH3 is 1. The van der Waals surface area contributed by atoms with E-state index in [-0.39, 0.29) is 5.82 Å². The highest BCUT2D eigenvalue weighted by molar-refractivity contribution is 6.09. The van der Waals surface area contributed by atoms with Crippen LogP contribution in [0.15, 0.2) is 71.8 Å². The van der Waals surface area contributed by atoms with Crippen molar-refractivity contribution in [1.29, 1.82) is 0 Å². The number of benzene rings is 3. The van der Waals surface area contributed by atoms with E-state index in [0.717, 1.165) is 22.6 Å². The van der Waals surface area contributed by atoms with E-state index in [0.29, 0.717) is 17.3 Å². The second-order valence-electron chi connectivity index (χ2n) is 6.15. The summed E-state index contributed by atoms with van der Waals surface area (Å²) in [4.78, 5) is 1.95. The van der Waals surface area contributed by atoms with Gasteiger partial charge in [0.25, 0.3) is 0 Å². The number of hydrogen-bond donors (Lipinski definition) is 2. The number of nitrogens with zero attached hydrogens (tertiary/aromatic N) is 2. The zero-order valence-corrected chi connectivity index (χ0v) is 15.0. The molecule has 1 aliphatic rings. The third-order valence-corrected chi connectivity index (χ3v) is 4.47. The number of fused-ring (bicyclic) bond motifs is 1. The van der Waals surface area contributed by atoms with E-state index in [9.17, 15) is 4.39 Å². The molecule has 27 heavy (non-hydrogen) atoms. The average Bonchev–Trinajstić information content (AvgIpc) is 2.70. The van der Waals surface area contributed by atoms with Gasteiger partial charge in [-0.2, -0.15) is 0 Å². The standard InChI is InChI=1S/C21H19FN4O/c1-26-18-12-11-14(20-16(22)9-6-10-19(20)27-2)13-17(18)24-25-21(26)23-15-7-4-3-5-8-15/h3-13,24H,1-2H3,(H,23,25). The maximum Gasteiger partial charge on any atom is 0.225 e. The highest BCUT2D eigenvalue weighted by Crippen LogP contribution is 2.38. The first-order chi connectivity index (χ1) is 13.2. The van der Waals surface area contributed by atoms with Crippen molar-refractivity contribution in [3.8, 4) is 16.9 Å². The quantitative estimate of drug-likeness (QED) is 0.706. The molecule has 5 nitrogen and oxygen atoms in total. The molecule has 0 radical (unpaired) electrons. The van der Waals surface area contributed by atoms with E-state index in [1.807, 2.05) is 60.5 Å². The number of para-hydroxylation sites is 1. The van der Waals surface area contributed by atoms with E-state index >= 15 is 0 Å². The Hall–Kier alpha value is -3.54. The summed E-state index contributed by atoms with van der Waals surface area (Å²) in [5.41, 5.74) is 6.88. The molecule has 0 bridgehead atoms. The van der Waals surface area contributed by atoms with E-state index in [2.05, 4.69) is 15.8 Å². The summed E-state index contributed by atoms with van der Waals surface area (Å²) < 4.78 is 19.7. The average molecular weight is 362 g/mol. The van der Waals surface area contributed by atoms with Gasteiger partial charge >= 0.3 is 0 Å². The monoisotopic (exact) mass is 362 g/mol. The van der Waals surface area contributed by atoms with Crippen LogP contribution in [-0.4, -0.2) is 20.1 Å². The van der Waals surface area contributed by atoms with Crippen LogP contribution in [-0.2, 0) is 0 Å². The van der Waals surface area contributed by atoms with Crippen LogP contribution in [0.1, 0.15) is 0 Å². The molecule has 0 saturated heterocycles. The predicted molar refractivity (Wildman–Crippen MR) is 108 cm³/mol. The lowest BCUT2D eigenvalue weighted by atomic mass is 10.0. The lowest BCUT2D eigenvalue weighted by molar-refractivity contribution is 0.413. The van der Waals surface area contributed by atoms with Gasteiger partial charge in [-0.25, -0.2) is 4.39 Å². The SMILES string of the molecule is COc1cccc(F)c1-c1ccc2c(c1)NN=C(Nc1ccccc1)N2C. The van der Waals surface area contributed by atoms with Gasteiger partial charge in [0.1, 0.15) is 11.6 Å². The van der Waals surface area contributed by atoms with Crippen molar-refractivity contribution in [3.05, 3.63) is 72.5 Å². The Balaban J connectivity index is 1.66. The Kier molecular flexibility index (Phi) is 4.38. The fourth-order valence-electron chi connectivity index (χ4n) is 3.09. The molecule has 0 unspecified atom stereocenters. The van der Waals surface area contributed by atoms with E-state index < -0.39 is 0 Å². The summed E-state index contributed by atoms with van der Waals surface area (Å²) in [5, 5.41) is 7.68. The van der Waals surface area contributed by atoms with Crippen LogP contribution in [0.25, 0.3) is 11.1 Å². The second kappa shape index (κ2) is 6.99. The molecule has 6 heteroatoms. The highest BCUT2D eigenvalue weighted by Gasteiger charge is 2.20. The van der Waals surface area contributed by atoms with Crippen molar-refractivity contribution >= 4 is 23.0 Å². The Morgan fingerprint density at radius 3 is 2.63 bits per heavy atom. The van der Waals surface area contributed by atoms with Gasteiger partial charge in [0, 0.05) is 12.7 Å². The van der Waals surface area contributed by atoms with Crippen LogP contribution >= 0.6 is 0 Å². The topological polar surface area (TPSA) is 48.9 Å². The van der Waals surface area contributed by atoms with E-state index in [4.69, 9.17) is 4.74 Å². The molecule has 0 fully saturated rings. The molecule has 0 aliphatic carbocycles. The van der Waals surface area contributed by atoms with Crippen molar-refractivity contribution in [2.24, 2.45) is 5.10 Å². The molecule has 1 aliphatic heterocycles. The van der Waals surface area contributed by atoms with Gasteiger partial charge in [0.2, 0.25) is 5.96 Å². The molecule has 0 atom stereocenters. The van der Waals surface area contributed by atoms with Crippen LogP contribution in [0.5, 0.6) is 5.75 Å². The molecule has 3 aromatic carbocycles. The van der Waals surface area contributed by atoms with Crippen LogP contribution in [0, 0.1) is 5.82 Å². The Labute approximate surface area is 157 Å². The number of anilines is 3. The van der Waals surface area contributed by atoms with Crippen molar-refractivity contribution in [1.82, 2.24) is 0 Å². The minimum atomic E-state index is -0.326. The number of guanidine groups is 1. The molecule has 0 amide bonds. The molecule has 2 N–H and O–H groups in total. The first kappa shape index (κ1) is 16.9. The smallest absolute Gasteiger partial charge is 0.225 e. The Morgan fingerprint density at radius 2 is 1.85 bits per heavy atom. The lowest BCUT2D eigenvalue weighted by Crippen LogP contribution is -2.36. The summed E-state index contributed by atoms with van der Waals surface area (Å²) in [6.45, 7) is 0. The maximum absolute atomic E-state index is 14.4. The van der Waals surface area contributed by atoms with Gasteiger partial charge < -0.3 is 15.0 Å². The third-order valence-electron chi connectivity index (χ3n) is 4.47. The summed E-state index contributed by atoms with van der Waals surface area (Å²) in [6.07, 6.45) is 0. The zero-order chi connectivity index (χ0) is 18.8. The van der Waals surface area contributed by atoms with Crippen molar-refractivity contribution < 1.29 is 9.13 Å². The molecule has 0 saturated carbocycles. The van der Waals surface area contributed by atoms with Crippen LogP contribution < -0.4 is 20.4 Å². The van der Waals surface area contributed by atoms with Crippen LogP contribution in [0.4, 0.5) is 21.5 Å². The molecular formula is C21H19FN4O. The first-order valence-electron chi connectivity index (χ1n) is 8.54. The van der Waals surface area contributed by atoms with Gasteiger partial charge in [0.05, 0.1) is 24.0 Å². The molecule has 0 spiro atoms. The number of hydrazone groups is 1. The maximum atomic E-state index is 14.4. The third kappa shape index (κ3) is 3.17. The van der Waals surface area contributed by atoms with Gasteiger partial charge in [-0.15, -0.1) is 5.10 Å². The van der Waals surface area contributed by atoms with Gasteiger partial charge in [-0.3, -0.25) is 5.43 Å². The molecule has 0 aromatic heterocycles. The van der Waals surface area contributed by atoms with Crippen LogP contribution in [0.2, 0.25) is 0 Å². The number of halogens is 1. The van der Waals surface area contributed by atoms with E-state index in [1.165, 1.54) is 13.2 Å². The summed E-state index contributed by atoms with van der Waals surface area (Å²) >= 11 is 0. The number of hydrogen-bond acceptors (Lipinski definition) is 5. The second-order valence-corrected chi connectivity index (χ2v) is 6.15. The van der Waals surface area contributed by atoms with Gasteiger partial charge in [0.15, 0.2) is 0 Å². The normalized spacial score (nSPS) is 12.7. The Bertz CT molecular complexity index is 1000. The first-order valence-corrected chi connectivity index (χ1v) is 8.54. The minimum absolute atomic E-state index is 0.326. The van der Waals surface area contributed by atoms with Crippen molar-refractivity contribution in [3.63, 3.8) is 0 Å². The number of ether oxygens (including phenoxy) is 1. The summed E-state index contributed by atoms with van der Waals surface area (Å²) in [5.74, 6) is 0.840. The zero-order valence-electron chi connectivity index (χ0n) is 15.0. The van der Waals surface area contributed by atoms with Gasteiger partial charge in [-0.1, -0.05) is 30.3 Å². The van der Waals surface area contributed by atoms with Gasteiger partial charge in [-0.05, 0) is 42.0 Å². The fraction of sp³-hybridized carbons (Fsp3) is 0.0952. The fourth-order valence-corrected chi connectivity index (χ4v) is 3.09. The van der Waals surface area contributed by atoms with Crippen molar-refractivity contribution in [2.75, 3.05) is 29.8 Å². The van der Waals surface area contributed by atoms with Crippen LogP contribution in [0.3, 0.4) is 0 Å². The molecule has 3 aromatic rings. The minimum Gasteiger partial charge on any atom is -0.496 e. The number of rotatable bonds is 3. The van der Waals surface area contributed by atoms with Crippen molar-refractivity contribution in [2.45, 2.75) is 0 Å². The predicted octanol–water partition coefficient (Wildman–Crippen LogP) is 4.75. The molecule has 136 valence electrons. The summed E-state index contributed by atoms with van der Waals surface area (Å²) in [7, 11) is 3.46. The lowest BCUT2D eigenvalue weighted by Gasteiger charge is -2.28. The Morgan fingerprint density at radius 1 is 1.04 bits per heavy atom. The van der Waals surface area contributed by atoms with E-state index in [1.54, 1.807) is 12.1 Å². The largest absolute Gasteiger partial charge is 0.496 e. The molecule has 1 heterocycles. The molecule has 4 rings (SSSR count).